The second-order valence-corrected chi connectivity index (χ2v) is 4.47. The molecule has 0 aliphatic heterocycles. The van der Waals surface area contributed by atoms with Gasteiger partial charge in [-0.05, 0) is 28.1 Å². The van der Waals surface area contributed by atoms with Gasteiger partial charge in [-0.25, -0.2) is 9.18 Å². The summed E-state index contributed by atoms with van der Waals surface area (Å²) in [4.78, 5) is 11.2. The van der Waals surface area contributed by atoms with Crippen LogP contribution >= 0.6 is 15.9 Å². The summed E-state index contributed by atoms with van der Waals surface area (Å²) >= 11 is 3.03. The third-order valence-corrected chi connectivity index (χ3v) is 3.13. The maximum atomic E-state index is 13.4. The summed E-state index contributed by atoms with van der Waals surface area (Å²) < 4.78 is 18.7. The molecule has 0 radical (unpaired) electrons. The SMILES string of the molecule is CCc1onc(-c2ccc(Br)c(F)c2)c1C(=O)O. The predicted molar refractivity (Wildman–Crippen MR) is 65.9 cm³/mol. The van der Waals surface area contributed by atoms with Crippen molar-refractivity contribution in [2.75, 3.05) is 0 Å². The zero-order chi connectivity index (χ0) is 13.3. The number of carboxylic acid groups (broad SMARTS) is 1. The fraction of sp³-hybridized carbons (Fsp3) is 0.167. The van der Waals surface area contributed by atoms with Crippen LogP contribution in [0.5, 0.6) is 0 Å². The van der Waals surface area contributed by atoms with Gasteiger partial charge in [-0.15, -0.1) is 0 Å². The number of aryl methyl sites for hydroxylation is 1. The van der Waals surface area contributed by atoms with Crippen molar-refractivity contribution in [2.45, 2.75) is 13.3 Å². The van der Waals surface area contributed by atoms with Crippen molar-refractivity contribution in [3.05, 3.63) is 39.8 Å². The van der Waals surface area contributed by atoms with Gasteiger partial charge in [0.1, 0.15) is 17.1 Å². The van der Waals surface area contributed by atoms with E-state index in [1.807, 2.05) is 0 Å². The van der Waals surface area contributed by atoms with Crippen LogP contribution in [0.2, 0.25) is 0 Å². The highest BCUT2D eigenvalue weighted by molar-refractivity contribution is 9.10. The van der Waals surface area contributed by atoms with E-state index in [1.165, 1.54) is 12.1 Å². The van der Waals surface area contributed by atoms with Crippen molar-refractivity contribution in [3.8, 4) is 11.3 Å². The van der Waals surface area contributed by atoms with E-state index in [9.17, 15) is 9.18 Å². The number of carbonyl (C=O) groups is 1. The highest BCUT2D eigenvalue weighted by Gasteiger charge is 2.22. The molecule has 18 heavy (non-hydrogen) atoms. The van der Waals surface area contributed by atoms with Crippen LogP contribution < -0.4 is 0 Å². The molecule has 1 N–H and O–H groups in total. The molecule has 0 fully saturated rings. The molecule has 1 heterocycles. The van der Waals surface area contributed by atoms with Crippen molar-refractivity contribution in [1.82, 2.24) is 5.16 Å². The number of benzene rings is 1. The average Bonchev–Trinajstić information content (AvgIpc) is 2.76. The molecule has 4 nitrogen and oxygen atoms in total. The van der Waals surface area contributed by atoms with E-state index < -0.39 is 11.8 Å². The Kier molecular flexibility index (Phi) is 3.47. The first-order valence-electron chi connectivity index (χ1n) is 5.21. The van der Waals surface area contributed by atoms with Crippen molar-refractivity contribution >= 4 is 21.9 Å². The van der Waals surface area contributed by atoms with E-state index in [2.05, 4.69) is 21.1 Å². The molecule has 1 aromatic heterocycles. The van der Waals surface area contributed by atoms with E-state index in [-0.39, 0.29) is 17.0 Å². The van der Waals surface area contributed by atoms with Gasteiger partial charge in [0.25, 0.3) is 0 Å². The molecule has 2 rings (SSSR count). The molecule has 0 aliphatic carbocycles. The minimum atomic E-state index is -1.13. The fourth-order valence-corrected chi connectivity index (χ4v) is 1.87. The third-order valence-electron chi connectivity index (χ3n) is 2.49. The lowest BCUT2D eigenvalue weighted by Gasteiger charge is -2.00. The summed E-state index contributed by atoms with van der Waals surface area (Å²) in [5.74, 6) is -1.34. The largest absolute Gasteiger partial charge is 0.477 e. The Labute approximate surface area is 111 Å². The Bertz CT molecular complexity index is 609. The first-order chi connectivity index (χ1) is 8.54. The van der Waals surface area contributed by atoms with Crippen molar-refractivity contribution in [2.24, 2.45) is 0 Å². The normalized spacial score (nSPS) is 10.6. The van der Waals surface area contributed by atoms with E-state index in [4.69, 9.17) is 9.63 Å². The summed E-state index contributed by atoms with van der Waals surface area (Å²) in [6.07, 6.45) is 0.410. The molecule has 1 aromatic carbocycles. The molecule has 0 spiro atoms. The minimum Gasteiger partial charge on any atom is -0.477 e. The summed E-state index contributed by atoms with van der Waals surface area (Å²) in [5.41, 5.74) is 0.501. The maximum absolute atomic E-state index is 13.4. The summed E-state index contributed by atoms with van der Waals surface area (Å²) in [6, 6.07) is 4.29. The topological polar surface area (TPSA) is 63.3 Å². The molecule has 0 unspecified atom stereocenters. The molecule has 6 heteroatoms. The van der Waals surface area contributed by atoms with Crippen LogP contribution in [0.15, 0.2) is 27.2 Å². The predicted octanol–water partition coefficient (Wildman–Crippen LogP) is 3.50. The number of halogens is 2. The molecule has 0 saturated carbocycles. The van der Waals surface area contributed by atoms with Gasteiger partial charge in [0.05, 0.1) is 4.47 Å². The van der Waals surface area contributed by atoms with Crippen molar-refractivity contribution < 1.29 is 18.8 Å². The first-order valence-corrected chi connectivity index (χ1v) is 6.01. The lowest BCUT2D eigenvalue weighted by Crippen LogP contribution is -2.01. The standard InChI is InChI=1S/C12H9BrFNO3/c1-2-9-10(12(16)17)11(15-18-9)6-3-4-7(13)8(14)5-6/h3-5H,2H2,1H3,(H,16,17). The number of hydrogen-bond acceptors (Lipinski definition) is 3. The van der Waals surface area contributed by atoms with E-state index in [0.29, 0.717) is 16.5 Å². The Hall–Kier alpha value is -1.69. The van der Waals surface area contributed by atoms with Gasteiger partial charge < -0.3 is 9.63 Å². The van der Waals surface area contributed by atoms with Gasteiger partial charge in [0.15, 0.2) is 5.76 Å². The number of rotatable bonds is 3. The smallest absolute Gasteiger partial charge is 0.341 e. The quantitative estimate of drug-likeness (QED) is 0.942. The second-order valence-electron chi connectivity index (χ2n) is 3.62. The minimum absolute atomic E-state index is 0.0146. The highest BCUT2D eigenvalue weighted by atomic mass is 79.9. The molecule has 2 aromatic rings. The van der Waals surface area contributed by atoms with E-state index >= 15 is 0 Å². The van der Waals surface area contributed by atoms with Gasteiger partial charge in [-0.2, -0.15) is 0 Å². The molecular formula is C12H9BrFNO3. The number of aromatic nitrogens is 1. The molecule has 0 bridgehead atoms. The van der Waals surface area contributed by atoms with Crippen molar-refractivity contribution in [1.29, 1.82) is 0 Å². The summed E-state index contributed by atoms with van der Waals surface area (Å²) in [7, 11) is 0. The van der Waals surface area contributed by atoms with Crippen LogP contribution in [0.25, 0.3) is 11.3 Å². The Morgan fingerprint density at radius 3 is 2.83 bits per heavy atom. The van der Waals surface area contributed by atoms with Gasteiger partial charge in [-0.3, -0.25) is 0 Å². The number of aromatic carboxylic acids is 1. The van der Waals surface area contributed by atoms with Crippen LogP contribution in [-0.4, -0.2) is 16.2 Å². The monoisotopic (exact) mass is 313 g/mol. The Morgan fingerprint density at radius 1 is 1.56 bits per heavy atom. The second kappa shape index (κ2) is 4.89. The van der Waals surface area contributed by atoms with Crippen LogP contribution in [0.3, 0.4) is 0 Å². The van der Waals surface area contributed by atoms with Crippen LogP contribution in [0.4, 0.5) is 4.39 Å². The summed E-state index contributed by atoms with van der Waals surface area (Å²) in [6.45, 7) is 1.76. The molecule has 0 atom stereocenters. The maximum Gasteiger partial charge on any atom is 0.341 e. The van der Waals surface area contributed by atoms with E-state index in [0.717, 1.165) is 0 Å². The van der Waals surface area contributed by atoms with Gasteiger partial charge in [0, 0.05) is 12.0 Å². The van der Waals surface area contributed by atoms with E-state index in [1.54, 1.807) is 13.0 Å². The first kappa shape index (κ1) is 12.8. The fourth-order valence-electron chi connectivity index (χ4n) is 1.63. The average molecular weight is 314 g/mol. The van der Waals surface area contributed by atoms with Crippen LogP contribution in [0, 0.1) is 5.82 Å². The number of carboxylic acids is 1. The molecule has 0 saturated heterocycles. The lowest BCUT2D eigenvalue weighted by atomic mass is 10.1. The zero-order valence-corrected chi connectivity index (χ0v) is 11.0. The number of hydrogen-bond donors (Lipinski definition) is 1. The van der Waals surface area contributed by atoms with Crippen LogP contribution in [-0.2, 0) is 6.42 Å². The zero-order valence-electron chi connectivity index (χ0n) is 9.41. The Balaban J connectivity index is 2.60. The third kappa shape index (κ3) is 2.15. The van der Waals surface area contributed by atoms with Crippen molar-refractivity contribution in [3.63, 3.8) is 0 Å². The molecule has 0 amide bonds. The van der Waals surface area contributed by atoms with Gasteiger partial charge in [0.2, 0.25) is 0 Å². The highest BCUT2D eigenvalue weighted by Crippen LogP contribution is 2.28. The number of nitrogens with zero attached hydrogens (tertiary/aromatic N) is 1. The summed E-state index contributed by atoms with van der Waals surface area (Å²) in [5, 5.41) is 12.9. The Morgan fingerprint density at radius 2 is 2.28 bits per heavy atom. The lowest BCUT2D eigenvalue weighted by molar-refractivity contribution is 0.0695. The molecular weight excluding hydrogens is 305 g/mol. The molecule has 0 aliphatic rings. The van der Waals surface area contributed by atoms with Gasteiger partial charge >= 0.3 is 5.97 Å². The van der Waals surface area contributed by atoms with Crippen LogP contribution in [0.1, 0.15) is 23.0 Å². The van der Waals surface area contributed by atoms with Gasteiger partial charge in [-0.1, -0.05) is 18.1 Å². The molecule has 94 valence electrons.